The van der Waals surface area contributed by atoms with Crippen molar-refractivity contribution in [3.05, 3.63) is 36.6 Å². The Hall–Kier alpha value is -2.57. The van der Waals surface area contributed by atoms with Crippen molar-refractivity contribution in [2.24, 2.45) is 5.73 Å². The number of anilines is 1. The van der Waals surface area contributed by atoms with E-state index in [4.69, 9.17) is 5.73 Å². The summed E-state index contributed by atoms with van der Waals surface area (Å²) in [7, 11) is 1.82. The van der Waals surface area contributed by atoms with Crippen molar-refractivity contribution < 1.29 is 4.52 Å². The zero-order valence-corrected chi connectivity index (χ0v) is 13.0. The Balaban J connectivity index is 0.000000172. The van der Waals surface area contributed by atoms with Gasteiger partial charge in [0, 0.05) is 31.9 Å². The molecule has 1 fully saturated rings. The van der Waals surface area contributed by atoms with Gasteiger partial charge in [0.25, 0.3) is 0 Å². The van der Waals surface area contributed by atoms with Crippen molar-refractivity contribution >= 4 is 5.82 Å². The molecule has 1 saturated heterocycles. The number of pyridine rings is 1. The van der Waals surface area contributed by atoms with Gasteiger partial charge in [-0.05, 0) is 38.0 Å². The van der Waals surface area contributed by atoms with E-state index >= 15 is 0 Å². The van der Waals surface area contributed by atoms with Crippen molar-refractivity contribution in [3.63, 3.8) is 0 Å². The van der Waals surface area contributed by atoms with Crippen LogP contribution in [0.25, 0.3) is 11.4 Å². The predicted molar refractivity (Wildman–Crippen MR) is 85.8 cm³/mol. The molecule has 7 nitrogen and oxygen atoms in total. The second-order valence-corrected chi connectivity index (χ2v) is 4.84. The Morgan fingerprint density at radius 3 is 2.59 bits per heavy atom. The summed E-state index contributed by atoms with van der Waals surface area (Å²) in [6.07, 6.45) is 7.55. The minimum Gasteiger partial charge on any atom is -0.386 e. The second-order valence-electron chi connectivity index (χ2n) is 4.84. The van der Waals surface area contributed by atoms with Crippen LogP contribution in [-0.2, 0) is 0 Å². The van der Waals surface area contributed by atoms with Crippen LogP contribution in [0.5, 0.6) is 0 Å². The molecule has 3 rings (SSSR count). The van der Waals surface area contributed by atoms with Crippen LogP contribution >= 0.6 is 0 Å². The summed E-state index contributed by atoms with van der Waals surface area (Å²) in [6, 6.07) is 3.73. The lowest BCUT2D eigenvalue weighted by atomic mass is 10.3. The number of allylic oxidation sites excluding steroid dienone is 1. The average molecular weight is 302 g/mol. The summed E-state index contributed by atoms with van der Waals surface area (Å²) < 4.78 is 4.62. The lowest BCUT2D eigenvalue weighted by molar-refractivity contribution is 0.418. The highest BCUT2D eigenvalue weighted by Crippen LogP contribution is 2.14. The molecule has 118 valence electrons. The number of hydrogen-bond acceptors (Lipinski definition) is 7. The molecular weight excluding hydrogens is 280 g/mol. The van der Waals surface area contributed by atoms with Gasteiger partial charge in [-0.1, -0.05) is 5.16 Å². The molecule has 1 aliphatic heterocycles. The summed E-state index contributed by atoms with van der Waals surface area (Å²) in [5.74, 6) is 2.30. The van der Waals surface area contributed by atoms with Crippen LogP contribution in [0.15, 0.2) is 41.1 Å². The maximum Gasteiger partial charge on any atom is 0.214 e. The van der Waals surface area contributed by atoms with Gasteiger partial charge in [0.1, 0.15) is 5.82 Å². The Bertz CT molecular complexity index is 573. The van der Waals surface area contributed by atoms with E-state index in [0.29, 0.717) is 5.82 Å². The van der Waals surface area contributed by atoms with E-state index in [1.807, 2.05) is 32.2 Å². The van der Waals surface area contributed by atoms with E-state index < -0.39 is 0 Å². The number of aromatic nitrogens is 3. The highest BCUT2D eigenvalue weighted by Gasteiger charge is 2.10. The van der Waals surface area contributed by atoms with Crippen molar-refractivity contribution in [2.75, 3.05) is 25.5 Å². The standard InChI is InChI=1S/C8H8N4O.C7H14N2/c1-9-7-3-2-6(4-10-7)8-11-5-13-12-8;1-2-7(8)9-5-3-4-6-9/h2-5H,1H3,(H,9,10);2H,3-6,8H2,1H3/b;7-2-. The fourth-order valence-electron chi connectivity index (χ4n) is 2.13. The monoisotopic (exact) mass is 302 g/mol. The van der Waals surface area contributed by atoms with Gasteiger partial charge < -0.3 is 20.5 Å². The lowest BCUT2D eigenvalue weighted by Crippen LogP contribution is -2.23. The molecule has 0 unspecified atom stereocenters. The Labute approximate surface area is 130 Å². The topological polar surface area (TPSA) is 93.1 Å². The maximum atomic E-state index is 5.67. The highest BCUT2D eigenvalue weighted by atomic mass is 16.5. The lowest BCUT2D eigenvalue weighted by Gasteiger charge is -2.16. The predicted octanol–water partition coefficient (Wildman–Crippen LogP) is 2.08. The molecular formula is C15H22N6O. The summed E-state index contributed by atoms with van der Waals surface area (Å²) in [6.45, 7) is 4.28. The molecule has 22 heavy (non-hydrogen) atoms. The zero-order valence-electron chi connectivity index (χ0n) is 13.0. The number of rotatable bonds is 3. The van der Waals surface area contributed by atoms with Crippen LogP contribution in [-0.4, -0.2) is 40.2 Å². The van der Waals surface area contributed by atoms with Crippen LogP contribution in [0.2, 0.25) is 0 Å². The van der Waals surface area contributed by atoms with Crippen LogP contribution in [0.1, 0.15) is 19.8 Å². The first-order chi connectivity index (χ1) is 10.7. The maximum absolute atomic E-state index is 5.67. The SMILES string of the molecule is C/C=C(/N)N1CCCC1.CNc1ccc(-c2ncon2)cn1. The van der Waals surface area contributed by atoms with E-state index in [0.717, 1.165) is 30.3 Å². The number of hydrogen-bond donors (Lipinski definition) is 2. The van der Waals surface area contributed by atoms with E-state index in [-0.39, 0.29) is 0 Å². The fourth-order valence-corrected chi connectivity index (χ4v) is 2.13. The third kappa shape index (κ3) is 4.21. The number of likely N-dealkylation sites (tertiary alicyclic amines) is 1. The van der Waals surface area contributed by atoms with Gasteiger partial charge in [-0.15, -0.1) is 0 Å². The molecule has 2 aromatic heterocycles. The van der Waals surface area contributed by atoms with Gasteiger partial charge in [0.15, 0.2) is 0 Å². The van der Waals surface area contributed by atoms with Crippen molar-refractivity contribution in [2.45, 2.75) is 19.8 Å². The van der Waals surface area contributed by atoms with Crippen LogP contribution in [0, 0.1) is 0 Å². The first kappa shape index (κ1) is 15.8. The van der Waals surface area contributed by atoms with Crippen molar-refractivity contribution in [1.29, 1.82) is 0 Å². The Morgan fingerprint density at radius 2 is 2.09 bits per heavy atom. The summed E-state index contributed by atoms with van der Waals surface area (Å²) in [5, 5.41) is 6.62. The molecule has 1 aliphatic rings. The first-order valence-electron chi connectivity index (χ1n) is 7.32. The molecule has 0 aliphatic carbocycles. The van der Waals surface area contributed by atoms with Crippen LogP contribution in [0.3, 0.4) is 0 Å². The molecule has 3 N–H and O–H groups in total. The summed E-state index contributed by atoms with van der Waals surface area (Å²) in [5.41, 5.74) is 6.51. The van der Waals surface area contributed by atoms with Crippen molar-refractivity contribution in [3.8, 4) is 11.4 Å². The molecule has 0 saturated carbocycles. The van der Waals surface area contributed by atoms with Crippen molar-refractivity contribution in [1.82, 2.24) is 20.0 Å². The van der Waals surface area contributed by atoms with E-state index in [9.17, 15) is 0 Å². The van der Waals surface area contributed by atoms with E-state index in [1.54, 1.807) is 6.20 Å². The normalized spacial score (nSPS) is 14.5. The molecule has 0 bridgehead atoms. The molecule has 3 heterocycles. The minimum atomic E-state index is 0.551. The van der Waals surface area contributed by atoms with Crippen LogP contribution in [0.4, 0.5) is 5.82 Å². The summed E-state index contributed by atoms with van der Waals surface area (Å²) >= 11 is 0. The molecule has 0 spiro atoms. The molecule has 0 aromatic carbocycles. The molecule has 0 amide bonds. The Morgan fingerprint density at radius 1 is 1.32 bits per heavy atom. The number of nitrogens with one attached hydrogen (secondary N) is 1. The van der Waals surface area contributed by atoms with Gasteiger partial charge in [0.05, 0.1) is 5.82 Å². The number of nitrogens with two attached hydrogens (primary N) is 1. The van der Waals surface area contributed by atoms with Crippen LogP contribution < -0.4 is 11.1 Å². The third-order valence-electron chi connectivity index (χ3n) is 3.41. The third-order valence-corrected chi connectivity index (χ3v) is 3.41. The first-order valence-corrected chi connectivity index (χ1v) is 7.32. The number of nitrogens with zero attached hydrogens (tertiary/aromatic N) is 4. The van der Waals surface area contributed by atoms with Gasteiger partial charge in [0.2, 0.25) is 12.2 Å². The highest BCUT2D eigenvalue weighted by molar-refractivity contribution is 5.54. The molecule has 0 atom stereocenters. The van der Waals surface area contributed by atoms with Gasteiger partial charge >= 0.3 is 0 Å². The molecule has 0 radical (unpaired) electrons. The quantitative estimate of drug-likeness (QED) is 0.896. The fraction of sp³-hybridized carbons (Fsp3) is 0.400. The molecule has 2 aromatic rings. The Kier molecular flexibility index (Phi) is 5.76. The molecule has 7 heteroatoms. The smallest absolute Gasteiger partial charge is 0.214 e. The second kappa shape index (κ2) is 8.02. The van der Waals surface area contributed by atoms with Gasteiger partial charge in [-0.3, -0.25) is 0 Å². The minimum absolute atomic E-state index is 0.551. The summed E-state index contributed by atoms with van der Waals surface area (Å²) in [4.78, 5) is 10.2. The zero-order chi connectivity index (χ0) is 15.8. The van der Waals surface area contributed by atoms with Gasteiger partial charge in [-0.25, -0.2) is 4.98 Å². The van der Waals surface area contributed by atoms with E-state index in [1.165, 1.54) is 19.2 Å². The van der Waals surface area contributed by atoms with Gasteiger partial charge in [-0.2, -0.15) is 4.98 Å². The largest absolute Gasteiger partial charge is 0.386 e. The van der Waals surface area contributed by atoms with E-state index in [2.05, 4.69) is 29.9 Å². The average Bonchev–Trinajstić information content (AvgIpc) is 3.28.